The van der Waals surface area contributed by atoms with Crippen LogP contribution in [0.5, 0.6) is 0 Å². The summed E-state index contributed by atoms with van der Waals surface area (Å²) in [5, 5.41) is 6.53. The molecule has 0 bridgehead atoms. The number of aliphatic imine (C=N–C) groups is 1. The van der Waals surface area contributed by atoms with E-state index >= 15 is 0 Å². The number of carbonyl (C=O) groups is 1. The minimum Gasteiger partial charge on any atom is -0.357 e. The zero-order valence-electron chi connectivity index (χ0n) is 17.3. The molecule has 7 heteroatoms. The van der Waals surface area contributed by atoms with Crippen LogP contribution in [0.25, 0.3) is 0 Å². The second-order valence-electron chi connectivity index (χ2n) is 8.60. The Morgan fingerprint density at radius 3 is 2.85 bits per heavy atom. The Balaban J connectivity index is 0.00000261. The first-order valence-corrected chi connectivity index (χ1v) is 10.6. The highest BCUT2D eigenvalue weighted by Gasteiger charge is 2.42. The van der Waals surface area contributed by atoms with E-state index in [1.54, 1.807) is 0 Å². The van der Waals surface area contributed by atoms with E-state index in [4.69, 9.17) is 4.99 Å². The summed E-state index contributed by atoms with van der Waals surface area (Å²) in [6, 6.07) is 1.15. The van der Waals surface area contributed by atoms with Gasteiger partial charge < -0.3 is 15.5 Å². The minimum atomic E-state index is 0. The van der Waals surface area contributed by atoms with Crippen LogP contribution >= 0.6 is 24.0 Å². The number of piperidine rings is 2. The molecule has 1 amide bonds. The van der Waals surface area contributed by atoms with Gasteiger partial charge in [-0.05, 0) is 53.0 Å². The lowest BCUT2D eigenvalue weighted by atomic mass is 9.79. The molecule has 27 heavy (non-hydrogen) atoms. The van der Waals surface area contributed by atoms with Crippen LogP contribution in [-0.4, -0.2) is 73.0 Å². The molecule has 0 aromatic carbocycles. The summed E-state index contributed by atoms with van der Waals surface area (Å²) >= 11 is 0. The quantitative estimate of drug-likeness (QED) is 0.361. The van der Waals surface area contributed by atoms with Crippen molar-refractivity contribution in [2.75, 3.05) is 39.3 Å². The Labute approximate surface area is 181 Å². The molecule has 0 aromatic heterocycles. The summed E-state index contributed by atoms with van der Waals surface area (Å²) in [6.07, 6.45) is 6.93. The zero-order chi connectivity index (χ0) is 18.6. The fraction of sp³-hybridized carbons (Fsp3) is 0.900. The van der Waals surface area contributed by atoms with E-state index in [0.29, 0.717) is 18.5 Å². The van der Waals surface area contributed by atoms with Crippen molar-refractivity contribution in [1.82, 2.24) is 20.4 Å². The van der Waals surface area contributed by atoms with Crippen molar-refractivity contribution in [1.29, 1.82) is 0 Å². The molecule has 6 nitrogen and oxygen atoms in total. The number of rotatable bonds is 4. The van der Waals surface area contributed by atoms with Crippen LogP contribution in [0.3, 0.4) is 0 Å². The van der Waals surface area contributed by atoms with Crippen molar-refractivity contribution in [2.45, 2.75) is 71.4 Å². The highest BCUT2D eigenvalue weighted by Crippen LogP contribution is 2.36. The van der Waals surface area contributed by atoms with Crippen molar-refractivity contribution in [3.05, 3.63) is 0 Å². The molecule has 3 rings (SSSR count). The molecular formula is C20H38IN5O. The molecule has 3 heterocycles. The van der Waals surface area contributed by atoms with Crippen molar-refractivity contribution >= 4 is 35.8 Å². The SMILES string of the molecule is CCNC(=NCC(C)N1CCCCC1C)N1CCCC2(CNC(=O)C2)C1.I. The lowest BCUT2D eigenvalue weighted by Gasteiger charge is -2.41. The fourth-order valence-corrected chi connectivity index (χ4v) is 4.95. The minimum absolute atomic E-state index is 0. The highest BCUT2D eigenvalue weighted by molar-refractivity contribution is 14.0. The average Bonchev–Trinajstić information content (AvgIpc) is 2.98. The van der Waals surface area contributed by atoms with Gasteiger partial charge in [0.2, 0.25) is 5.91 Å². The van der Waals surface area contributed by atoms with Gasteiger partial charge in [0.15, 0.2) is 5.96 Å². The topological polar surface area (TPSA) is 60.0 Å². The summed E-state index contributed by atoms with van der Waals surface area (Å²) in [6.45, 7) is 12.5. The number of guanidine groups is 1. The third-order valence-corrected chi connectivity index (χ3v) is 6.42. The van der Waals surface area contributed by atoms with E-state index in [1.165, 1.54) is 25.8 Å². The van der Waals surface area contributed by atoms with Crippen LogP contribution < -0.4 is 10.6 Å². The van der Waals surface area contributed by atoms with Gasteiger partial charge in [-0.2, -0.15) is 0 Å². The van der Waals surface area contributed by atoms with E-state index in [9.17, 15) is 4.79 Å². The maximum atomic E-state index is 11.8. The monoisotopic (exact) mass is 491 g/mol. The molecule has 3 aliphatic rings. The van der Waals surface area contributed by atoms with Crippen molar-refractivity contribution in [3.63, 3.8) is 0 Å². The second-order valence-corrected chi connectivity index (χ2v) is 8.60. The normalized spacial score (nSPS) is 30.8. The number of likely N-dealkylation sites (tertiary alicyclic amines) is 2. The third-order valence-electron chi connectivity index (χ3n) is 6.42. The summed E-state index contributed by atoms with van der Waals surface area (Å²) < 4.78 is 0. The maximum Gasteiger partial charge on any atom is 0.220 e. The predicted octanol–water partition coefficient (Wildman–Crippen LogP) is 2.43. The van der Waals surface area contributed by atoms with Crippen LogP contribution in [0.4, 0.5) is 0 Å². The van der Waals surface area contributed by atoms with E-state index in [-0.39, 0.29) is 35.3 Å². The fourth-order valence-electron chi connectivity index (χ4n) is 4.95. The van der Waals surface area contributed by atoms with Gasteiger partial charge in [0, 0.05) is 50.1 Å². The molecule has 0 saturated carbocycles. The Kier molecular flexibility index (Phi) is 8.65. The number of amides is 1. The van der Waals surface area contributed by atoms with Crippen molar-refractivity contribution < 1.29 is 4.79 Å². The van der Waals surface area contributed by atoms with Gasteiger partial charge in [-0.25, -0.2) is 0 Å². The van der Waals surface area contributed by atoms with E-state index in [1.807, 2.05) is 0 Å². The zero-order valence-corrected chi connectivity index (χ0v) is 19.6. The summed E-state index contributed by atoms with van der Waals surface area (Å²) in [7, 11) is 0. The number of nitrogens with one attached hydrogen (secondary N) is 2. The lowest BCUT2D eigenvalue weighted by Crippen LogP contribution is -2.52. The van der Waals surface area contributed by atoms with Crippen molar-refractivity contribution in [2.24, 2.45) is 10.4 Å². The van der Waals surface area contributed by atoms with Gasteiger partial charge >= 0.3 is 0 Å². The molecular weight excluding hydrogens is 453 g/mol. The molecule has 0 aliphatic carbocycles. The first-order chi connectivity index (χ1) is 12.5. The average molecular weight is 491 g/mol. The first-order valence-electron chi connectivity index (χ1n) is 10.6. The number of halogens is 1. The van der Waals surface area contributed by atoms with Gasteiger partial charge in [-0.15, -0.1) is 24.0 Å². The third kappa shape index (κ3) is 5.71. The standard InChI is InChI=1S/C20H37N5O.HI/c1-4-21-19(22-13-17(3)25-11-6-5-8-16(25)2)24-10-7-9-20(15-24)12-18(26)23-14-20;/h16-17H,4-15H2,1-3H3,(H,21,22)(H,23,26);1H. The summed E-state index contributed by atoms with van der Waals surface area (Å²) in [5.74, 6) is 1.24. The Morgan fingerprint density at radius 1 is 1.37 bits per heavy atom. The van der Waals surface area contributed by atoms with Gasteiger partial charge in [-0.1, -0.05) is 6.42 Å². The summed E-state index contributed by atoms with van der Waals surface area (Å²) in [4.78, 5) is 21.8. The molecule has 0 radical (unpaired) electrons. The second kappa shape index (κ2) is 10.3. The van der Waals surface area contributed by atoms with Gasteiger partial charge in [0.1, 0.15) is 0 Å². The van der Waals surface area contributed by atoms with Crippen LogP contribution in [0.2, 0.25) is 0 Å². The first kappa shape index (κ1) is 22.7. The van der Waals surface area contributed by atoms with Crippen LogP contribution in [-0.2, 0) is 4.79 Å². The van der Waals surface area contributed by atoms with E-state index < -0.39 is 0 Å². The maximum absolute atomic E-state index is 11.8. The molecule has 3 fully saturated rings. The number of hydrogen-bond acceptors (Lipinski definition) is 3. The number of carbonyl (C=O) groups excluding carboxylic acids is 1. The van der Waals surface area contributed by atoms with Gasteiger partial charge in [-0.3, -0.25) is 14.7 Å². The molecule has 0 aromatic rings. The Morgan fingerprint density at radius 2 is 2.19 bits per heavy atom. The van der Waals surface area contributed by atoms with E-state index in [0.717, 1.165) is 51.5 Å². The number of hydrogen-bond donors (Lipinski definition) is 2. The Bertz CT molecular complexity index is 529. The lowest BCUT2D eigenvalue weighted by molar-refractivity contribution is -0.119. The molecule has 156 valence electrons. The van der Waals surface area contributed by atoms with Crippen LogP contribution in [0, 0.1) is 5.41 Å². The highest BCUT2D eigenvalue weighted by atomic mass is 127. The molecule has 3 unspecified atom stereocenters. The Hall–Kier alpha value is -0.570. The molecule has 2 N–H and O–H groups in total. The largest absolute Gasteiger partial charge is 0.357 e. The van der Waals surface area contributed by atoms with Gasteiger partial charge in [0.05, 0.1) is 6.54 Å². The van der Waals surface area contributed by atoms with Crippen LogP contribution in [0.15, 0.2) is 4.99 Å². The molecule has 3 atom stereocenters. The predicted molar refractivity (Wildman–Crippen MR) is 122 cm³/mol. The molecule has 3 saturated heterocycles. The van der Waals surface area contributed by atoms with Crippen LogP contribution in [0.1, 0.15) is 59.3 Å². The van der Waals surface area contributed by atoms with Gasteiger partial charge in [0.25, 0.3) is 0 Å². The molecule has 3 aliphatic heterocycles. The molecule has 1 spiro atoms. The summed E-state index contributed by atoms with van der Waals surface area (Å²) in [5.41, 5.74) is 0.110. The number of nitrogens with zero attached hydrogens (tertiary/aromatic N) is 3. The van der Waals surface area contributed by atoms with Crippen molar-refractivity contribution in [3.8, 4) is 0 Å². The smallest absolute Gasteiger partial charge is 0.220 e. The van der Waals surface area contributed by atoms with E-state index in [2.05, 4.69) is 41.2 Å².